The number of amides is 1. The van der Waals surface area contributed by atoms with Crippen LogP contribution in [-0.2, 0) is 6.54 Å². The zero-order valence-electron chi connectivity index (χ0n) is 10.2. The van der Waals surface area contributed by atoms with Gasteiger partial charge in [0.2, 0.25) is 0 Å². The lowest BCUT2D eigenvalue weighted by Crippen LogP contribution is -2.24. The first-order valence-corrected chi connectivity index (χ1v) is 5.71. The number of carbonyl (C=O) groups is 1. The van der Waals surface area contributed by atoms with E-state index in [2.05, 4.69) is 10.3 Å². The summed E-state index contributed by atoms with van der Waals surface area (Å²) in [5, 5.41) is 2.83. The van der Waals surface area contributed by atoms with Gasteiger partial charge >= 0.3 is 0 Å². The van der Waals surface area contributed by atoms with E-state index in [0.717, 1.165) is 11.1 Å². The summed E-state index contributed by atoms with van der Waals surface area (Å²) in [6.45, 7) is 2.31. The molecule has 0 aliphatic rings. The van der Waals surface area contributed by atoms with Crippen LogP contribution in [0.1, 0.15) is 21.6 Å². The van der Waals surface area contributed by atoms with Gasteiger partial charge < -0.3 is 11.1 Å². The third-order valence-corrected chi connectivity index (χ3v) is 2.63. The van der Waals surface area contributed by atoms with Crippen LogP contribution in [0.5, 0.6) is 0 Å². The van der Waals surface area contributed by atoms with Crippen molar-refractivity contribution in [3.05, 3.63) is 59.4 Å². The van der Waals surface area contributed by atoms with Gasteiger partial charge in [0, 0.05) is 18.4 Å². The fourth-order valence-electron chi connectivity index (χ4n) is 1.69. The molecular weight excluding hydrogens is 226 g/mol. The first-order chi connectivity index (χ1) is 8.66. The topological polar surface area (TPSA) is 68.0 Å². The van der Waals surface area contributed by atoms with Gasteiger partial charge in [-0.1, -0.05) is 18.2 Å². The number of nitrogens with one attached hydrogen (secondary N) is 1. The number of nitrogens with two attached hydrogens (primary N) is 1. The highest BCUT2D eigenvalue weighted by atomic mass is 16.1. The average molecular weight is 241 g/mol. The highest BCUT2D eigenvalue weighted by molar-refractivity contribution is 5.93. The molecule has 0 atom stereocenters. The highest BCUT2D eigenvalue weighted by Gasteiger charge is 2.09. The normalized spacial score (nSPS) is 10.1. The Morgan fingerprint density at radius 2 is 2.17 bits per heavy atom. The van der Waals surface area contributed by atoms with E-state index < -0.39 is 0 Å². The lowest BCUT2D eigenvalue weighted by molar-refractivity contribution is 0.0945. The molecule has 92 valence electrons. The SMILES string of the molecule is Cc1cccnc1C(=O)NCc1cccc(N)c1. The molecule has 0 radical (unpaired) electrons. The minimum absolute atomic E-state index is 0.171. The highest BCUT2D eigenvalue weighted by Crippen LogP contribution is 2.07. The maximum absolute atomic E-state index is 11.9. The lowest BCUT2D eigenvalue weighted by atomic mass is 10.2. The van der Waals surface area contributed by atoms with Crippen LogP contribution >= 0.6 is 0 Å². The molecule has 0 bridgehead atoms. The molecule has 0 spiro atoms. The Kier molecular flexibility index (Phi) is 3.57. The van der Waals surface area contributed by atoms with Gasteiger partial charge in [-0.2, -0.15) is 0 Å². The number of nitrogens with zero attached hydrogens (tertiary/aromatic N) is 1. The molecule has 1 heterocycles. The van der Waals surface area contributed by atoms with Crippen molar-refractivity contribution in [2.45, 2.75) is 13.5 Å². The van der Waals surface area contributed by atoms with Gasteiger partial charge in [0.25, 0.3) is 5.91 Å². The first-order valence-electron chi connectivity index (χ1n) is 5.71. The van der Waals surface area contributed by atoms with Gasteiger partial charge in [-0.3, -0.25) is 9.78 Å². The Morgan fingerprint density at radius 3 is 2.89 bits per heavy atom. The number of aromatic nitrogens is 1. The first kappa shape index (κ1) is 12.1. The minimum atomic E-state index is -0.171. The van der Waals surface area contributed by atoms with E-state index in [4.69, 9.17) is 5.73 Å². The van der Waals surface area contributed by atoms with Crippen molar-refractivity contribution in [3.63, 3.8) is 0 Å². The summed E-state index contributed by atoms with van der Waals surface area (Å²) in [5.74, 6) is -0.171. The molecule has 1 amide bonds. The van der Waals surface area contributed by atoms with Crippen LogP contribution in [0.4, 0.5) is 5.69 Å². The number of anilines is 1. The predicted octanol–water partition coefficient (Wildman–Crippen LogP) is 1.90. The Morgan fingerprint density at radius 1 is 1.33 bits per heavy atom. The van der Waals surface area contributed by atoms with Crippen LogP contribution < -0.4 is 11.1 Å². The third kappa shape index (κ3) is 2.85. The number of hydrogen-bond donors (Lipinski definition) is 2. The van der Waals surface area contributed by atoms with Crippen LogP contribution in [-0.4, -0.2) is 10.9 Å². The van der Waals surface area contributed by atoms with Crippen molar-refractivity contribution < 1.29 is 4.79 Å². The van der Waals surface area contributed by atoms with Crippen LogP contribution in [0.3, 0.4) is 0 Å². The maximum Gasteiger partial charge on any atom is 0.270 e. The number of carbonyl (C=O) groups excluding carboxylic acids is 1. The van der Waals surface area contributed by atoms with Crippen molar-refractivity contribution in [1.29, 1.82) is 0 Å². The van der Waals surface area contributed by atoms with Gasteiger partial charge in [-0.15, -0.1) is 0 Å². The summed E-state index contributed by atoms with van der Waals surface area (Å²) in [6.07, 6.45) is 1.61. The van der Waals surface area contributed by atoms with Gasteiger partial charge in [0.05, 0.1) is 0 Å². The molecule has 0 saturated carbocycles. The Labute approximate surface area is 106 Å². The Balaban J connectivity index is 2.03. The van der Waals surface area contributed by atoms with Gasteiger partial charge in [0.15, 0.2) is 0 Å². The van der Waals surface area contributed by atoms with E-state index in [1.165, 1.54) is 0 Å². The van der Waals surface area contributed by atoms with Crippen LogP contribution in [0.25, 0.3) is 0 Å². The molecule has 1 aromatic carbocycles. The van der Waals surface area contributed by atoms with E-state index >= 15 is 0 Å². The van der Waals surface area contributed by atoms with E-state index in [1.54, 1.807) is 6.20 Å². The molecule has 4 nitrogen and oxygen atoms in total. The number of hydrogen-bond acceptors (Lipinski definition) is 3. The van der Waals surface area contributed by atoms with Crippen LogP contribution in [0.2, 0.25) is 0 Å². The van der Waals surface area contributed by atoms with Crippen molar-refractivity contribution in [2.75, 3.05) is 5.73 Å². The summed E-state index contributed by atoms with van der Waals surface area (Å²) >= 11 is 0. The van der Waals surface area contributed by atoms with Crippen LogP contribution in [0.15, 0.2) is 42.6 Å². The van der Waals surface area contributed by atoms with Gasteiger partial charge in [-0.05, 0) is 36.2 Å². The fourth-order valence-corrected chi connectivity index (χ4v) is 1.69. The average Bonchev–Trinajstić information content (AvgIpc) is 2.37. The number of pyridine rings is 1. The molecular formula is C14H15N3O. The van der Waals surface area contributed by atoms with Crippen molar-refractivity contribution in [3.8, 4) is 0 Å². The van der Waals surface area contributed by atoms with Gasteiger partial charge in [0.1, 0.15) is 5.69 Å². The molecule has 1 aromatic heterocycles. The summed E-state index contributed by atoms with van der Waals surface area (Å²) in [7, 11) is 0. The zero-order chi connectivity index (χ0) is 13.0. The summed E-state index contributed by atoms with van der Waals surface area (Å²) in [6, 6.07) is 11.1. The maximum atomic E-state index is 11.9. The van der Waals surface area contributed by atoms with Crippen molar-refractivity contribution in [2.24, 2.45) is 0 Å². The van der Waals surface area contributed by atoms with Crippen molar-refractivity contribution in [1.82, 2.24) is 10.3 Å². The van der Waals surface area contributed by atoms with E-state index in [0.29, 0.717) is 17.9 Å². The second-order valence-corrected chi connectivity index (χ2v) is 4.10. The fraction of sp³-hybridized carbons (Fsp3) is 0.143. The summed E-state index contributed by atoms with van der Waals surface area (Å²) < 4.78 is 0. The van der Waals surface area contributed by atoms with E-state index in [-0.39, 0.29) is 5.91 Å². The van der Waals surface area contributed by atoms with Crippen molar-refractivity contribution >= 4 is 11.6 Å². The standard InChI is InChI=1S/C14H15N3O/c1-10-4-3-7-16-13(10)14(18)17-9-11-5-2-6-12(15)8-11/h2-8H,9,15H2,1H3,(H,17,18). The number of benzene rings is 1. The van der Waals surface area contributed by atoms with Crippen LogP contribution in [0, 0.1) is 6.92 Å². The number of nitrogen functional groups attached to an aromatic ring is 1. The quantitative estimate of drug-likeness (QED) is 0.806. The molecule has 0 fully saturated rings. The van der Waals surface area contributed by atoms with E-state index in [1.807, 2.05) is 43.3 Å². The second kappa shape index (κ2) is 5.31. The Hall–Kier alpha value is -2.36. The molecule has 4 heteroatoms. The monoisotopic (exact) mass is 241 g/mol. The minimum Gasteiger partial charge on any atom is -0.399 e. The molecule has 0 aliphatic carbocycles. The van der Waals surface area contributed by atoms with E-state index in [9.17, 15) is 4.79 Å². The van der Waals surface area contributed by atoms with Gasteiger partial charge in [-0.25, -0.2) is 0 Å². The smallest absolute Gasteiger partial charge is 0.270 e. The molecule has 0 aliphatic heterocycles. The number of aryl methyl sites for hydroxylation is 1. The second-order valence-electron chi connectivity index (χ2n) is 4.10. The molecule has 2 rings (SSSR count). The molecule has 0 unspecified atom stereocenters. The largest absolute Gasteiger partial charge is 0.399 e. The zero-order valence-corrected chi connectivity index (χ0v) is 10.2. The predicted molar refractivity (Wildman–Crippen MR) is 71.0 cm³/mol. The Bertz CT molecular complexity index is 566. The molecule has 0 saturated heterocycles. The summed E-state index contributed by atoms with van der Waals surface area (Å²) in [4.78, 5) is 16.0. The third-order valence-electron chi connectivity index (χ3n) is 2.63. The molecule has 18 heavy (non-hydrogen) atoms. The molecule has 2 aromatic rings. The summed E-state index contributed by atoms with van der Waals surface area (Å²) in [5.41, 5.74) is 8.66. The molecule has 3 N–H and O–H groups in total. The lowest BCUT2D eigenvalue weighted by Gasteiger charge is -2.07. The number of rotatable bonds is 3.